The van der Waals surface area contributed by atoms with Crippen LogP contribution >= 0.6 is 34.5 Å². The number of amides is 2. The Balaban J connectivity index is 0.00000180. The molecule has 11 heteroatoms. The van der Waals surface area contributed by atoms with Gasteiger partial charge in [0.2, 0.25) is 0 Å². The summed E-state index contributed by atoms with van der Waals surface area (Å²) in [5.41, 5.74) is 3.78. The van der Waals surface area contributed by atoms with Gasteiger partial charge in [0.15, 0.2) is 5.13 Å². The fraction of sp³-hybridized carbons (Fsp3) is 0.406. The third-order valence-corrected chi connectivity index (χ3v) is 9.17. The van der Waals surface area contributed by atoms with E-state index in [9.17, 15) is 9.90 Å². The predicted molar refractivity (Wildman–Crippen MR) is 180 cm³/mol. The van der Waals surface area contributed by atoms with Crippen LogP contribution in [0.1, 0.15) is 53.0 Å². The highest BCUT2D eigenvalue weighted by atomic mass is 35.5. The molecule has 3 N–H and O–H groups in total. The van der Waals surface area contributed by atoms with Crippen LogP contribution in [0.5, 0.6) is 5.75 Å². The molecular weight excluding hydrogens is 603 g/mol. The largest absolute Gasteiger partial charge is 0.506 e. The summed E-state index contributed by atoms with van der Waals surface area (Å²) in [7, 11) is 0. The van der Waals surface area contributed by atoms with E-state index < -0.39 is 6.03 Å². The van der Waals surface area contributed by atoms with Crippen LogP contribution in [0.15, 0.2) is 48.5 Å². The molecule has 2 aromatic carbocycles. The first-order chi connectivity index (χ1) is 20.5. The van der Waals surface area contributed by atoms with Crippen molar-refractivity contribution in [2.24, 2.45) is 5.41 Å². The zero-order chi connectivity index (χ0) is 30.9. The third kappa shape index (κ3) is 6.55. The van der Waals surface area contributed by atoms with Crippen molar-refractivity contribution in [2.75, 3.05) is 41.7 Å². The standard InChI is InChI=1S/C30H32Cl2N6O2S.C2H6/c1-29(2,3)16-37-14-12-30(13-15-37)17-38(25-22(39)10-8-18(31)24(25)30)21-7-5-4-6-19(21)33-27(40)36-28-34-20-9-11-23(32)35-26(20)41-28;1-2/h4-11,39H,12-17H2,1-3H3,(H2,33,34,36,40);1-2H3. The van der Waals surface area contributed by atoms with E-state index in [0.29, 0.717) is 43.6 Å². The SMILES string of the molecule is CC.CC(C)(C)CN1CCC2(CC1)CN(c1ccccc1NC(=O)Nc1nc3ccc(Cl)nc3s1)c1c(O)ccc(Cl)c12. The molecule has 0 aliphatic carbocycles. The zero-order valence-corrected chi connectivity index (χ0v) is 27.5. The second kappa shape index (κ2) is 12.5. The molecule has 4 heterocycles. The van der Waals surface area contributed by atoms with Crippen molar-refractivity contribution in [1.29, 1.82) is 0 Å². The second-order valence-electron chi connectivity index (χ2n) is 12.1. The Labute approximate surface area is 267 Å². The van der Waals surface area contributed by atoms with Gasteiger partial charge in [0.25, 0.3) is 0 Å². The van der Waals surface area contributed by atoms with E-state index in [-0.39, 0.29) is 16.6 Å². The quantitative estimate of drug-likeness (QED) is 0.193. The first-order valence-corrected chi connectivity index (χ1v) is 16.2. The van der Waals surface area contributed by atoms with E-state index in [2.05, 4.69) is 51.2 Å². The van der Waals surface area contributed by atoms with Crippen molar-refractivity contribution in [1.82, 2.24) is 14.9 Å². The Morgan fingerprint density at radius 3 is 2.47 bits per heavy atom. The van der Waals surface area contributed by atoms with Gasteiger partial charge in [-0.2, -0.15) is 0 Å². The first-order valence-electron chi connectivity index (χ1n) is 14.6. The number of benzene rings is 2. The molecule has 2 aliphatic heterocycles. The molecule has 43 heavy (non-hydrogen) atoms. The molecule has 0 unspecified atom stereocenters. The van der Waals surface area contributed by atoms with Crippen LogP contribution in [0.2, 0.25) is 10.2 Å². The Bertz CT molecular complexity index is 1630. The van der Waals surface area contributed by atoms with Crippen LogP contribution in [0.4, 0.5) is 27.0 Å². The number of piperidine rings is 1. The number of halogens is 2. The molecule has 0 bridgehead atoms. The van der Waals surface area contributed by atoms with Gasteiger partial charge in [0, 0.05) is 29.1 Å². The molecule has 1 saturated heterocycles. The molecular formula is C32H38Cl2N6O2S. The molecule has 2 aliphatic rings. The van der Waals surface area contributed by atoms with Crippen molar-refractivity contribution < 1.29 is 9.90 Å². The van der Waals surface area contributed by atoms with E-state index in [0.717, 1.165) is 43.7 Å². The summed E-state index contributed by atoms with van der Waals surface area (Å²) in [5.74, 6) is 0.179. The lowest BCUT2D eigenvalue weighted by atomic mass is 9.74. The number of pyridine rings is 1. The van der Waals surface area contributed by atoms with Gasteiger partial charge in [0.1, 0.15) is 21.2 Å². The minimum absolute atomic E-state index is 0.179. The van der Waals surface area contributed by atoms with Gasteiger partial charge in [-0.05, 0) is 67.7 Å². The van der Waals surface area contributed by atoms with Gasteiger partial charge in [-0.15, -0.1) is 0 Å². The van der Waals surface area contributed by atoms with Gasteiger partial charge in [0.05, 0.1) is 17.1 Å². The number of urea groups is 1. The number of phenolic OH excluding ortho intramolecular Hbond substituents is 1. The lowest BCUT2D eigenvalue weighted by molar-refractivity contribution is 0.125. The predicted octanol–water partition coefficient (Wildman–Crippen LogP) is 8.91. The van der Waals surface area contributed by atoms with E-state index in [1.54, 1.807) is 24.3 Å². The number of nitrogens with one attached hydrogen (secondary N) is 2. The molecule has 8 nitrogen and oxygen atoms in total. The van der Waals surface area contributed by atoms with E-state index in [1.165, 1.54) is 11.3 Å². The number of anilines is 4. The van der Waals surface area contributed by atoms with Crippen LogP contribution in [-0.2, 0) is 5.41 Å². The minimum Gasteiger partial charge on any atom is -0.506 e. The fourth-order valence-electron chi connectivity index (χ4n) is 6.13. The Kier molecular flexibility index (Phi) is 9.09. The number of thiazole rings is 1. The van der Waals surface area contributed by atoms with E-state index in [4.69, 9.17) is 23.2 Å². The van der Waals surface area contributed by atoms with E-state index >= 15 is 0 Å². The minimum atomic E-state index is -0.428. The summed E-state index contributed by atoms with van der Waals surface area (Å²) in [6, 6.07) is 14.1. The Hall–Kier alpha value is -3.11. The first kappa shape index (κ1) is 31.3. The second-order valence-corrected chi connectivity index (χ2v) is 13.8. The summed E-state index contributed by atoms with van der Waals surface area (Å²) >= 11 is 14.1. The van der Waals surface area contributed by atoms with Crippen LogP contribution < -0.4 is 15.5 Å². The number of hydrogen-bond acceptors (Lipinski definition) is 7. The number of fused-ring (bicyclic) bond motifs is 3. The number of carbonyl (C=O) groups is 1. The topological polar surface area (TPSA) is 93.6 Å². The van der Waals surface area contributed by atoms with E-state index in [1.807, 2.05) is 38.1 Å². The fourth-order valence-corrected chi connectivity index (χ4v) is 7.51. The monoisotopic (exact) mass is 640 g/mol. The summed E-state index contributed by atoms with van der Waals surface area (Å²) in [6.45, 7) is 14.4. The van der Waals surface area contributed by atoms with Crippen LogP contribution in [0, 0.1) is 5.41 Å². The number of rotatable bonds is 4. The highest BCUT2D eigenvalue weighted by Crippen LogP contribution is 2.56. The van der Waals surface area contributed by atoms with Gasteiger partial charge in [-0.3, -0.25) is 5.32 Å². The molecule has 1 fully saturated rings. The lowest BCUT2D eigenvalue weighted by Crippen LogP contribution is -2.47. The molecule has 2 aromatic heterocycles. The maximum atomic E-state index is 13.1. The normalized spacial score (nSPS) is 16.1. The number of hydrogen-bond donors (Lipinski definition) is 3. The van der Waals surface area contributed by atoms with Gasteiger partial charge < -0.3 is 20.2 Å². The zero-order valence-electron chi connectivity index (χ0n) is 25.2. The molecule has 0 saturated carbocycles. The smallest absolute Gasteiger partial charge is 0.325 e. The van der Waals surface area contributed by atoms with Crippen molar-refractivity contribution in [3.8, 4) is 5.75 Å². The molecule has 4 aromatic rings. The summed E-state index contributed by atoms with van der Waals surface area (Å²) in [6.07, 6.45) is 1.86. The number of nitrogens with zero attached hydrogens (tertiary/aromatic N) is 4. The summed E-state index contributed by atoms with van der Waals surface area (Å²) in [4.78, 5) is 27.1. The number of aromatic hydroxyl groups is 1. The number of likely N-dealkylation sites (tertiary alicyclic amines) is 1. The maximum absolute atomic E-state index is 13.1. The van der Waals surface area contributed by atoms with Crippen LogP contribution in [-0.4, -0.2) is 52.2 Å². The van der Waals surface area contributed by atoms with Crippen molar-refractivity contribution >= 4 is 73.1 Å². The number of aromatic nitrogens is 2. The number of carbonyl (C=O) groups excluding carboxylic acids is 1. The summed E-state index contributed by atoms with van der Waals surface area (Å²) in [5, 5.41) is 18.4. The maximum Gasteiger partial charge on any atom is 0.325 e. The van der Waals surface area contributed by atoms with Gasteiger partial charge >= 0.3 is 6.03 Å². The Morgan fingerprint density at radius 2 is 1.74 bits per heavy atom. The average Bonchev–Trinajstić information content (AvgIpc) is 3.51. The number of para-hydroxylation sites is 2. The van der Waals surface area contributed by atoms with Crippen molar-refractivity contribution in [3.05, 3.63) is 64.3 Å². The Morgan fingerprint density at radius 1 is 1.02 bits per heavy atom. The lowest BCUT2D eigenvalue weighted by Gasteiger charge is -2.42. The highest BCUT2D eigenvalue weighted by molar-refractivity contribution is 7.22. The van der Waals surface area contributed by atoms with Crippen LogP contribution in [0.25, 0.3) is 10.3 Å². The molecule has 228 valence electrons. The van der Waals surface area contributed by atoms with Gasteiger partial charge in [-0.25, -0.2) is 14.8 Å². The van der Waals surface area contributed by atoms with Crippen molar-refractivity contribution in [2.45, 2.75) is 52.9 Å². The number of phenols is 1. The molecule has 0 atom stereocenters. The molecule has 6 rings (SSSR count). The summed E-state index contributed by atoms with van der Waals surface area (Å²) < 4.78 is 0. The molecule has 1 spiro atoms. The van der Waals surface area contributed by atoms with Crippen LogP contribution in [0.3, 0.4) is 0 Å². The molecule has 0 radical (unpaired) electrons. The van der Waals surface area contributed by atoms with Crippen molar-refractivity contribution in [3.63, 3.8) is 0 Å². The molecule has 2 amide bonds. The third-order valence-electron chi connectivity index (χ3n) is 7.76. The average molecular weight is 642 g/mol. The van der Waals surface area contributed by atoms with Gasteiger partial charge in [-0.1, -0.05) is 81.3 Å². The highest BCUT2D eigenvalue weighted by Gasteiger charge is 2.48.